The molecule has 0 N–H and O–H groups in total. The highest BCUT2D eigenvalue weighted by atomic mass is 32.1. The van der Waals surface area contributed by atoms with Crippen LogP contribution in [0.5, 0.6) is 0 Å². The number of thiophene rings is 1. The number of hydrogen-bond acceptors (Lipinski definition) is 3. The Kier molecular flexibility index (Phi) is 8.16. The molecule has 0 saturated heterocycles. The lowest BCUT2D eigenvalue weighted by Gasteiger charge is -2.31. The Morgan fingerprint density at radius 3 is 2.33 bits per heavy atom. The van der Waals surface area contributed by atoms with Crippen molar-refractivity contribution in [3.8, 4) is 0 Å². The van der Waals surface area contributed by atoms with Gasteiger partial charge in [-0.15, -0.1) is 11.3 Å². The van der Waals surface area contributed by atoms with Crippen molar-refractivity contribution >= 4 is 33.9 Å². The van der Waals surface area contributed by atoms with Crippen molar-refractivity contribution in [2.75, 3.05) is 6.54 Å². The SMILES string of the molecule is CC[C@@H](C)N(CC(=O)N(Cc1ccc(F)cc1)Cc1sccc1C)C(=O)c1ccc2ccccc2c1. The fourth-order valence-electron chi connectivity index (χ4n) is 4.16. The molecule has 0 unspecified atom stereocenters. The molecular weight excluding hydrogens is 471 g/mol. The summed E-state index contributed by atoms with van der Waals surface area (Å²) in [5.74, 6) is -0.603. The van der Waals surface area contributed by atoms with Crippen molar-refractivity contribution in [3.63, 3.8) is 0 Å². The Bertz CT molecular complexity index is 1350. The van der Waals surface area contributed by atoms with Crippen LogP contribution in [0.15, 0.2) is 78.2 Å². The molecule has 36 heavy (non-hydrogen) atoms. The molecule has 4 aromatic rings. The topological polar surface area (TPSA) is 40.6 Å². The predicted molar refractivity (Wildman–Crippen MR) is 144 cm³/mol. The minimum absolute atomic E-state index is 0.0215. The summed E-state index contributed by atoms with van der Waals surface area (Å²) in [7, 11) is 0. The van der Waals surface area contributed by atoms with Gasteiger partial charge in [-0.1, -0.05) is 49.4 Å². The third-order valence-corrected chi connectivity index (χ3v) is 7.64. The molecule has 3 aromatic carbocycles. The van der Waals surface area contributed by atoms with Gasteiger partial charge in [0, 0.05) is 23.0 Å². The van der Waals surface area contributed by atoms with Gasteiger partial charge >= 0.3 is 0 Å². The minimum Gasteiger partial charge on any atom is -0.332 e. The van der Waals surface area contributed by atoms with Crippen LogP contribution in [0.4, 0.5) is 4.39 Å². The maximum atomic E-state index is 13.7. The van der Waals surface area contributed by atoms with Gasteiger partial charge in [0.25, 0.3) is 5.91 Å². The summed E-state index contributed by atoms with van der Waals surface area (Å²) < 4.78 is 13.5. The number of fused-ring (bicyclic) bond motifs is 1. The summed E-state index contributed by atoms with van der Waals surface area (Å²) in [6.07, 6.45) is 0.731. The lowest BCUT2D eigenvalue weighted by molar-refractivity contribution is -0.133. The highest BCUT2D eigenvalue weighted by Gasteiger charge is 2.26. The molecule has 1 atom stereocenters. The third-order valence-electron chi connectivity index (χ3n) is 6.63. The van der Waals surface area contributed by atoms with E-state index in [1.165, 1.54) is 12.1 Å². The number of aryl methyl sites for hydroxylation is 1. The first-order chi connectivity index (χ1) is 17.4. The highest BCUT2D eigenvalue weighted by molar-refractivity contribution is 7.10. The van der Waals surface area contributed by atoms with Crippen LogP contribution in [0.25, 0.3) is 10.8 Å². The van der Waals surface area contributed by atoms with Crippen LogP contribution in [0.1, 0.15) is 46.6 Å². The molecule has 4 nitrogen and oxygen atoms in total. The number of rotatable bonds is 9. The second-order valence-corrected chi connectivity index (χ2v) is 10.2. The van der Waals surface area contributed by atoms with Crippen molar-refractivity contribution < 1.29 is 14.0 Å². The lowest BCUT2D eigenvalue weighted by Crippen LogP contribution is -2.46. The average molecular weight is 503 g/mol. The van der Waals surface area contributed by atoms with Crippen LogP contribution >= 0.6 is 11.3 Å². The second kappa shape index (κ2) is 11.5. The standard InChI is InChI=1S/C30H31FN2O2S/c1-4-22(3)33(30(35)26-12-11-24-7-5-6-8-25(24)17-26)20-29(34)32(19-28-21(2)15-16-36-28)18-23-9-13-27(31)14-10-23/h5-17,22H,4,18-20H2,1-3H3/t22-/m1/s1. The Balaban J connectivity index is 1.60. The maximum absolute atomic E-state index is 13.7. The Morgan fingerprint density at radius 1 is 0.944 bits per heavy atom. The molecule has 0 aliphatic carbocycles. The Labute approximate surface area is 216 Å². The molecule has 186 valence electrons. The van der Waals surface area contributed by atoms with Gasteiger partial charge in [-0.2, -0.15) is 0 Å². The van der Waals surface area contributed by atoms with Crippen LogP contribution in [-0.4, -0.2) is 34.2 Å². The van der Waals surface area contributed by atoms with Gasteiger partial charge in [0.2, 0.25) is 5.91 Å². The minimum atomic E-state index is -0.311. The summed E-state index contributed by atoms with van der Waals surface area (Å²) in [4.78, 5) is 31.9. The average Bonchev–Trinajstić information content (AvgIpc) is 3.30. The zero-order valence-corrected chi connectivity index (χ0v) is 21.7. The maximum Gasteiger partial charge on any atom is 0.254 e. The van der Waals surface area contributed by atoms with E-state index in [0.717, 1.165) is 33.2 Å². The van der Waals surface area contributed by atoms with Crippen LogP contribution in [0.2, 0.25) is 0 Å². The van der Waals surface area contributed by atoms with Gasteiger partial charge in [0.15, 0.2) is 0 Å². The predicted octanol–water partition coefficient (Wildman–Crippen LogP) is 6.82. The molecule has 1 aromatic heterocycles. The van der Waals surface area contributed by atoms with Crippen LogP contribution in [0, 0.1) is 12.7 Å². The van der Waals surface area contributed by atoms with Gasteiger partial charge < -0.3 is 9.80 Å². The number of hydrogen-bond donors (Lipinski definition) is 0. The van der Waals surface area contributed by atoms with Gasteiger partial charge in [0.05, 0.1) is 6.54 Å². The van der Waals surface area contributed by atoms with Crippen LogP contribution in [0.3, 0.4) is 0 Å². The largest absolute Gasteiger partial charge is 0.332 e. The molecule has 0 spiro atoms. The first kappa shape index (κ1) is 25.6. The Morgan fingerprint density at radius 2 is 1.67 bits per heavy atom. The fraction of sp³-hybridized carbons (Fsp3) is 0.267. The molecule has 0 bridgehead atoms. The molecule has 6 heteroatoms. The molecule has 0 fully saturated rings. The first-order valence-electron chi connectivity index (χ1n) is 12.2. The summed E-state index contributed by atoms with van der Waals surface area (Å²) in [5, 5.41) is 4.07. The van der Waals surface area contributed by atoms with E-state index in [1.54, 1.807) is 33.3 Å². The quantitative estimate of drug-likeness (QED) is 0.252. The lowest BCUT2D eigenvalue weighted by atomic mass is 10.1. The molecule has 0 radical (unpaired) electrons. The Hall–Kier alpha value is -3.51. The van der Waals surface area contributed by atoms with Crippen molar-refractivity contribution in [1.82, 2.24) is 9.80 Å². The van der Waals surface area contributed by atoms with Crippen molar-refractivity contribution in [2.24, 2.45) is 0 Å². The van der Waals surface area contributed by atoms with Gasteiger partial charge in [-0.25, -0.2) is 4.39 Å². The zero-order chi connectivity index (χ0) is 25.7. The van der Waals surface area contributed by atoms with E-state index in [4.69, 9.17) is 0 Å². The molecule has 2 amide bonds. The van der Waals surface area contributed by atoms with E-state index in [2.05, 4.69) is 0 Å². The zero-order valence-electron chi connectivity index (χ0n) is 20.9. The summed E-state index contributed by atoms with van der Waals surface area (Å²) in [5.41, 5.74) is 2.54. The van der Waals surface area contributed by atoms with E-state index in [0.29, 0.717) is 18.7 Å². The van der Waals surface area contributed by atoms with Crippen LogP contribution in [-0.2, 0) is 17.9 Å². The number of amides is 2. The number of carbonyl (C=O) groups excluding carboxylic acids is 2. The van der Waals surface area contributed by atoms with E-state index in [1.807, 2.05) is 74.7 Å². The van der Waals surface area contributed by atoms with Gasteiger partial charge in [-0.05, 0) is 77.9 Å². The number of benzene rings is 3. The molecule has 0 aliphatic heterocycles. The van der Waals surface area contributed by atoms with Crippen LogP contribution < -0.4 is 0 Å². The number of carbonyl (C=O) groups is 2. The summed E-state index contributed by atoms with van der Waals surface area (Å²) in [6.45, 7) is 6.78. The summed E-state index contributed by atoms with van der Waals surface area (Å²) in [6, 6.07) is 21.7. The van der Waals surface area contributed by atoms with E-state index >= 15 is 0 Å². The monoisotopic (exact) mass is 502 g/mol. The van der Waals surface area contributed by atoms with Gasteiger partial charge in [0.1, 0.15) is 12.4 Å². The normalized spacial score (nSPS) is 11.9. The number of halogens is 1. The van der Waals surface area contributed by atoms with E-state index in [9.17, 15) is 14.0 Å². The fourth-order valence-corrected chi connectivity index (χ4v) is 5.08. The molecule has 1 heterocycles. The molecule has 0 aliphatic rings. The second-order valence-electron chi connectivity index (χ2n) is 9.16. The van der Waals surface area contributed by atoms with E-state index in [-0.39, 0.29) is 30.2 Å². The van der Waals surface area contributed by atoms with E-state index < -0.39 is 0 Å². The molecular formula is C30H31FN2O2S. The number of nitrogens with zero attached hydrogens (tertiary/aromatic N) is 2. The van der Waals surface area contributed by atoms with Crippen molar-refractivity contribution in [2.45, 2.75) is 46.3 Å². The van der Waals surface area contributed by atoms with Crippen molar-refractivity contribution in [1.29, 1.82) is 0 Å². The molecule has 0 saturated carbocycles. The smallest absolute Gasteiger partial charge is 0.254 e. The van der Waals surface area contributed by atoms with Crippen molar-refractivity contribution in [3.05, 3.63) is 106 Å². The highest BCUT2D eigenvalue weighted by Crippen LogP contribution is 2.22. The first-order valence-corrected chi connectivity index (χ1v) is 13.1. The molecule has 4 rings (SSSR count). The summed E-state index contributed by atoms with van der Waals surface area (Å²) >= 11 is 1.61. The van der Waals surface area contributed by atoms with Gasteiger partial charge in [-0.3, -0.25) is 9.59 Å². The third kappa shape index (κ3) is 6.00.